The summed E-state index contributed by atoms with van der Waals surface area (Å²) < 4.78 is 9.88. The summed E-state index contributed by atoms with van der Waals surface area (Å²) in [5, 5.41) is 2.72. The molecule has 0 spiro atoms. The van der Waals surface area contributed by atoms with Crippen LogP contribution in [0, 0.1) is 0 Å². The first-order valence-electron chi connectivity index (χ1n) is 8.51. The molecular weight excluding hydrogens is 348 g/mol. The van der Waals surface area contributed by atoms with Crippen LogP contribution in [0.3, 0.4) is 0 Å². The molecule has 0 unspecified atom stereocenters. The molecule has 0 aliphatic carbocycles. The molecule has 27 heavy (non-hydrogen) atoms. The minimum Gasteiger partial charge on any atom is -0.497 e. The number of nitrogens with one attached hydrogen (secondary N) is 1. The summed E-state index contributed by atoms with van der Waals surface area (Å²) in [6.07, 6.45) is 1.39. The van der Waals surface area contributed by atoms with E-state index in [0.717, 1.165) is 12.1 Å². The van der Waals surface area contributed by atoms with Crippen LogP contribution < -0.4 is 15.0 Å². The largest absolute Gasteiger partial charge is 0.497 e. The Kier molecular flexibility index (Phi) is 5.40. The minimum absolute atomic E-state index is 0.0909. The van der Waals surface area contributed by atoms with Gasteiger partial charge in [-0.05, 0) is 48.9 Å². The highest BCUT2D eigenvalue weighted by molar-refractivity contribution is 6.08. The molecule has 0 atom stereocenters. The Morgan fingerprint density at radius 3 is 2.41 bits per heavy atom. The summed E-state index contributed by atoms with van der Waals surface area (Å²) in [4.78, 5) is 38.0. The summed E-state index contributed by atoms with van der Waals surface area (Å²) in [6.45, 7) is 0.693. The summed E-state index contributed by atoms with van der Waals surface area (Å²) >= 11 is 0. The number of hydrogen-bond donors (Lipinski definition) is 1. The molecule has 2 aromatic rings. The maximum Gasteiger partial charge on any atom is 0.340 e. The van der Waals surface area contributed by atoms with Crippen LogP contribution in [0.2, 0.25) is 0 Å². The number of ether oxygens (including phenoxy) is 2. The fourth-order valence-electron chi connectivity index (χ4n) is 2.95. The summed E-state index contributed by atoms with van der Waals surface area (Å²) in [7, 11) is 2.76. The first-order chi connectivity index (χ1) is 13.0. The minimum atomic E-state index is -0.577. The molecule has 0 aromatic heterocycles. The number of esters is 1. The highest BCUT2D eigenvalue weighted by atomic mass is 16.5. The van der Waals surface area contributed by atoms with Gasteiger partial charge in [-0.25, -0.2) is 4.79 Å². The third-order valence-electron chi connectivity index (χ3n) is 4.39. The summed E-state index contributed by atoms with van der Waals surface area (Å²) in [6, 6.07) is 11.5. The number of hydrogen-bond acceptors (Lipinski definition) is 5. The van der Waals surface area contributed by atoms with Crippen molar-refractivity contribution in [1.29, 1.82) is 0 Å². The van der Waals surface area contributed by atoms with Crippen LogP contribution in [0.25, 0.3) is 0 Å². The first kappa shape index (κ1) is 18.4. The van der Waals surface area contributed by atoms with Gasteiger partial charge in [-0.15, -0.1) is 0 Å². The number of methoxy groups -OCH3 is 2. The predicted molar refractivity (Wildman–Crippen MR) is 100 cm³/mol. The highest BCUT2D eigenvalue weighted by Gasteiger charge is 2.22. The van der Waals surface area contributed by atoms with E-state index in [1.807, 2.05) is 0 Å². The lowest BCUT2D eigenvalue weighted by Gasteiger charge is -2.16. The van der Waals surface area contributed by atoms with Gasteiger partial charge >= 0.3 is 5.97 Å². The second-order valence-corrected chi connectivity index (χ2v) is 6.05. The van der Waals surface area contributed by atoms with Gasteiger partial charge < -0.3 is 19.7 Å². The third kappa shape index (κ3) is 3.92. The molecule has 1 aliphatic rings. The molecule has 0 saturated carbocycles. The van der Waals surface area contributed by atoms with Gasteiger partial charge in [0, 0.05) is 24.2 Å². The van der Waals surface area contributed by atoms with Gasteiger partial charge in [-0.1, -0.05) is 0 Å². The van der Waals surface area contributed by atoms with Gasteiger partial charge in [-0.3, -0.25) is 9.59 Å². The third-order valence-corrected chi connectivity index (χ3v) is 4.39. The van der Waals surface area contributed by atoms with E-state index in [1.54, 1.807) is 41.3 Å². The molecule has 0 radical (unpaired) electrons. The molecule has 1 heterocycles. The smallest absolute Gasteiger partial charge is 0.340 e. The van der Waals surface area contributed by atoms with E-state index in [-0.39, 0.29) is 17.4 Å². The molecule has 7 heteroatoms. The van der Waals surface area contributed by atoms with Crippen molar-refractivity contribution in [1.82, 2.24) is 0 Å². The SMILES string of the molecule is COC(=O)c1cc(OC)ccc1NC(=O)c1ccc(N2CCCC2=O)cc1. The van der Waals surface area contributed by atoms with Crippen molar-refractivity contribution in [2.45, 2.75) is 12.8 Å². The summed E-state index contributed by atoms with van der Waals surface area (Å²) in [5.74, 6) is -0.377. The zero-order chi connectivity index (χ0) is 19.4. The van der Waals surface area contributed by atoms with Gasteiger partial charge in [0.1, 0.15) is 5.75 Å². The second kappa shape index (κ2) is 7.90. The maximum atomic E-state index is 12.6. The van der Waals surface area contributed by atoms with E-state index >= 15 is 0 Å². The van der Waals surface area contributed by atoms with E-state index in [9.17, 15) is 14.4 Å². The zero-order valence-electron chi connectivity index (χ0n) is 15.2. The van der Waals surface area contributed by atoms with Crippen molar-refractivity contribution in [3.63, 3.8) is 0 Å². The van der Waals surface area contributed by atoms with Gasteiger partial charge in [0.15, 0.2) is 0 Å². The number of amides is 2. The van der Waals surface area contributed by atoms with Crippen LogP contribution in [0.5, 0.6) is 5.75 Å². The first-order valence-corrected chi connectivity index (χ1v) is 8.51. The molecule has 1 aliphatic heterocycles. The lowest BCUT2D eigenvalue weighted by Crippen LogP contribution is -2.23. The standard InChI is InChI=1S/C20H20N2O5/c1-26-15-9-10-17(16(12-15)20(25)27-2)21-19(24)13-5-7-14(8-6-13)22-11-3-4-18(22)23/h5-10,12H,3-4,11H2,1-2H3,(H,21,24). The Morgan fingerprint density at radius 1 is 1.07 bits per heavy atom. The van der Waals surface area contributed by atoms with Crippen molar-refractivity contribution in [3.05, 3.63) is 53.6 Å². The van der Waals surface area contributed by atoms with E-state index in [1.165, 1.54) is 20.3 Å². The quantitative estimate of drug-likeness (QED) is 0.821. The monoisotopic (exact) mass is 368 g/mol. The lowest BCUT2D eigenvalue weighted by molar-refractivity contribution is -0.117. The average molecular weight is 368 g/mol. The van der Waals surface area contributed by atoms with E-state index in [4.69, 9.17) is 9.47 Å². The Labute approximate surface area is 156 Å². The molecule has 7 nitrogen and oxygen atoms in total. The molecular formula is C20H20N2O5. The molecule has 2 aromatic carbocycles. The van der Waals surface area contributed by atoms with Crippen LogP contribution in [0.15, 0.2) is 42.5 Å². The van der Waals surface area contributed by atoms with Crippen LogP contribution in [-0.4, -0.2) is 38.5 Å². The number of carbonyl (C=O) groups excluding carboxylic acids is 3. The number of benzene rings is 2. The second-order valence-electron chi connectivity index (χ2n) is 6.05. The Morgan fingerprint density at radius 2 is 1.81 bits per heavy atom. The molecule has 1 N–H and O–H groups in total. The number of rotatable bonds is 5. The predicted octanol–water partition coefficient (Wildman–Crippen LogP) is 2.86. The molecule has 140 valence electrons. The summed E-state index contributed by atoms with van der Waals surface area (Å²) in [5.41, 5.74) is 1.71. The van der Waals surface area contributed by atoms with Crippen molar-refractivity contribution < 1.29 is 23.9 Å². The fourth-order valence-corrected chi connectivity index (χ4v) is 2.95. The number of nitrogens with zero attached hydrogens (tertiary/aromatic N) is 1. The molecule has 1 saturated heterocycles. The van der Waals surface area contributed by atoms with Gasteiger partial charge in [0.2, 0.25) is 5.91 Å². The van der Waals surface area contributed by atoms with Gasteiger partial charge in [0.05, 0.1) is 25.5 Å². The van der Waals surface area contributed by atoms with Crippen molar-refractivity contribution in [3.8, 4) is 5.75 Å². The molecule has 3 rings (SSSR count). The Balaban J connectivity index is 1.79. The zero-order valence-corrected chi connectivity index (χ0v) is 15.2. The normalized spacial score (nSPS) is 13.4. The van der Waals surface area contributed by atoms with Crippen LogP contribution in [0.4, 0.5) is 11.4 Å². The van der Waals surface area contributed by atoms with Crippen molar-refractivity contribution in [2.75, 3.05) is 31.0 Å². The topological polar surface area (TPSA) is 84.9 Å². The van der Waals surface area contributed by atoms with E-state index in [2.05, 4.69) is 5.32 Å². The van der Waals surface area contributed by atoms with Crippen LogP contribution in [-0.2, 0) is 9.53 Å². The maximum absolute atomic E-state index is 12.6. The Bertz CT molecular complexity index is 876. The highest BCUT2D eigenvalue weighted by Crippen LogP contribution is 2.25. The lowest BCUT2D eigenvalue weighted by atomic mass is 10.1. The van der Waals surface area contributed by atoms with Gasteiger partial charge in [-0.2, -0.15) is 0 Å². The van der Waals surface area contributed by atoms with Gasteiger partial charge in [0.25, 0.3) is 5.91 Å². The van der Waals surface area contributed by atoms with Crippen LogP contribution in [0.1, 0.15) is 33.6 Å². The van der Waals surface area contributed by atoms with Crippen LogP contribution >= 0.6 is 0 Å². The van der Waals surface area contributed by atoms with E-state index < -0.39 is 5.97 Å². The average Bonchev–Trinajstić information content (AvgIpc) is 3.13. The number of carbonyl (C=O) groups is 3. The van der Waals surface area contributed by atoms with Crippen molar-refractivity contribution in [2.24, 2.45) is 0 Å². The number of anilines is 2. The van der Waals surface area contributed by atoms with E-state index in [0.29, 0.717) is 30.0 Å². The van der Waals surface area contributed by atoms with Crippen molar-refractivity contribution >= 4 is 29.2 Å². The molecule has 2 amide bonds. The fraction of sp³-hybridized carbons (Fsp3) is 0.250. The molecule has 0 bridgehead atoms. The Hall–Kier alpha value is -3.35. The molecule has 1 fully saturated rings.